The molecule has 7 atom stereocenters. The van der Waals surface area contributed by atoms with Crippen LogP contribution >= 0.6 is 0 Å². The Balaban J connectivity index is 1.99. The molecule has 0 unspecified atom stereocenters. The first-order valence-electron chi connectivity index (χ1n) is 9.91. The molecule has 0 aromatic rings. The molecule has 0 bridgehead atoms. The van der Waals surface area contributed by atoms with E-state index in [1.54, 1.807) is 0 Å². The lowest BCUT2D eigenvalue weighted by atomic mass is 9.40. The molecule has 2 fully saturated rings. The summed E-state index contributed by atoms with van der Waals surface area (Å²) in [5.74, 6) is -0.854. The van der Waals surface area contributed by atoms with Crippen molar-refractivity contribution in [1.82, 2.24) is 0 Å². The molecular weight excluding hydrogens is 360 g/mol. The van der Waals surface area contributed by atoms with E-state index in [4.69, 9.17) is 14.2 Å². The minimum atomic E-state index is -0.936. The minimum Gasteiger partial charge on any atom is -0.493 e. The Morgan fingerprint density at radius 2 is 1.82 bits per heavy atom. The highest BCUT2D eigenvalue weighted by Gasteiger charge is 2.72. The molecule has 4 aliphatic rings. The molecule has 0 spiro atoms. The largest absolute Gasteiger partial charge is 0.493 e. The van der Waals surface area contributed by atoms with Crippen LogP contribution in [0.3, 0.4) is 0 Å². The standard InChI is InChI=1S/C22H28O6/c1-10-7-14(26-5)20(25)22(4)12(10)8-15-21(3)13(9-16(23)28-15)11(2)18(27-6)17(24)19(21)22/h7,10,12-13,15,19H,8-9H2,1-6H3/t10-,12-,13+,15-,19+,21+,22-/m0/s1. The topological polar surface area (TPSA) is 78.9 Å². The van der Waals surface area contributed by atoms with Crippen LogP contribution < -0.4 is 0 Å². The van der Waals surface area contributed by atoms with E-state index in [1.807, 2.05) is 33.8 Å². The Morgan fingerprint density at radius 1 is 1.14 bits per heavy atom. The molecule has 6 nitrogen and oxygen atoms in total. The van der Waals surface area contributed by atoms with Crippen LogP contribution in [0.15, 0.2) is 23.2 Å². The van der Waals surface area contributed by atoms with Crippen molar-refractivity contribution >= 4 is 17.5 Å². The SMILES string of the molecule is COC1=C[C@H](C)[C@@H]2C[C@@H]3OC(=O)C[C@@H]4C(C)=C(OC)C(=O)[C@@H]([C@@]2(C)C1=O)[C@@]34C. The number of methoxy groups -OCH3 is 2. The average Bonchev–Trinajstić information content (AvgIpc) is 2.63. The fraction of sp³-hybridized carbons (Fsp3) is 0.682. The number of hydrogen-bond acceptors (Lipinski definition) is 6. The highest BCUT2D eigenvalue weighted by atomic mass is 16.5. The first-order valence-corrected chi connectivity index (χ1v) is 9.91. The van der Waals surface area contributed by atoms with Gasteiger partial charge < -0.3 is 14.2 Å². The monoisotopic (exact) mass is 388 g/mol. The quantitative estimate of drug-likeness (QED) is 0.677. The van der Waals surface area contributed by atoms with Gasteiger partial charge in [0.2, 0.25) is 11.6 Å². The Bertz CT molecular complexity index is 838. The number of carbonyl (C=O) groups excluding carboxylic acids is 3. The van der Waals surface area contributed by atoms with Crippen molar-refractivity contribution in [2.24, 2.45) is 34.5 Å². The molecule has 0 aromatic heterocycles. The Kier molecular flexibility index (Phi) is 4.08. The molecule has 1 aliphatic heterocycles. The van der Waals surface area contributed by atoms with Gasteiger partial charge in [-0.15, -0.1) is 0 Å². The Morgan fingerprint density at radius 3 is 2.43 bits per heavy atom. The lowest BCUT2D eigenvalue weighted by Gasteiger charge is -2.64. The van der Waals surface area contributed by atoms with Crippen molar-refractivity contribution in [3.05, 3.63) is 23.2 Å². The summed E-state index contributed by atoms with van der Waals surface area (Å²) in [7, 11) is 2.97. The normalized spacial score (nSPS) is 45.0. The minimum absolute atomic E-state index is 0.0204. The van der Waals surface area contributed by atoms with Crippen molar-refractivity contribution in [2.75, 3.05) is 14.2 Å². The molecule has 1 saturated heterocycles. The van der Waals surface area contributed by atoms with Gasteiger partial charge in [0.15, 0.2) is 11.5 Å². The third-order valence-electron chi connectivity index (χ3n) is 8.10. The maximum Gasteiger partial charge on any atom is 0.306 e. The van der Waals surface area contributed by atoms with Gasteiger partial charge in [-0.05, 0) is 36.8 Å². The molecule has 0 amide bonds. The van der Waals surface area contributed by atoms with E-state index in [1.165, 1.54) is 14.2 Å². The summed E-state index contributed by atoms with van der Waals surface area (Å²) in [6, 6.07) is 0. The van der Waals surface area contributed by atoms with Gasteiger partial charge in [0.25, 0.3) is 0 Å². The van der Waals surface area contributed by atoms with Crippen LogP contribution in [0.1, 0.15) is 40.5 Å². The van der Waals surface area contributed by atoms with Crippen LogP contribution in [0.25, 0.3) is 0 Å². The zero-order valence-electron chi connectivity index (χ0n) is 17.3. The first kappa shape index (κ1) is 19.2. The Hall–Kier alpha value is -2.11. The van der Waals surface area contributed by atoms with E-state index in [2.05, 4.69) is 0 Å². The molecule has 0 N–H and O–H groups in total. The third kappa shape index (κ3) is 2.06. The molecule has 4 rings (SSSR count). The number of allylic oxidation sites excluding steroid dienone is 4. The van der Waals surface area contributed by atoms with Crippen LogP contribution in [0.2, 0.25) is 0 Å². The molecule has 6 heteroatoms. The number of ether oxygens (including phenoxy) is 3. The molecule has 0 aromatic carbocycles. The van der Waals surface area contributed by atoms with E-state index in [9.17, 15) is 14.4 Å². The fourth-order valence-corrected chi connectivity index (χ4v) is 6.81. The van der Waals surface area contributed by atoms with E-state index in [0.29, 0.717) is 12.2 Å². The zero-order valence-corrected chi connectivity index (χ0v) is 17.3. The molecule has 28 heavy (non-hydrogen) atoms. The van der Waals surface area contributed by atoms with Gasteiger partial charge in [-0.2, -0.15) is 0 Å². The van der Waals surface area contributed by atoms with Crippen LogP contribution in [-0.2, 0) is 28.6 Å². The third-order valence-corrected chi connectivity index (χ3v) is 8.10. The van der Waals surface area contributed by atoms with Crippen molar-refractivity contribution in [3.63, 3.8) is 0 Å². The van der Waals surface area contributed by atoms with Gasteiger partial charge in [0.05, 0.1) is 20.6 Å². The van der Waals surface area contributed by atoms with Crippen LogP contribution in [-0.4, -0.2) is 37.9 Å². The molecular formula is C22H28O6. The summed E-state index contributed by atoms with van der Waals surface area (Å²) >= 11 is 0. The van der Waals surface area contributed by atoms with E-state index >= 15 is 0 Å². The summed E-state index contributed by atoms with van der Waals surface area (Å²) in [4.78, 5) is 39.6. The van der Waals surface area contributed by atoms with Crippen LogP contribution in [0.5, 0.6) is 0 Å². The van der Waals surface area contributed by atoms with Crippen molar-refractivity contribution in [1.29, 1.82) is 0 Å². The van der Waals surface area contributed by atoms with Gasteiger partial charge in [-0.1, -0.05) is 20.8 Å². The molecule has 0 radical (unpaired) electrons. The number of Topliss-reactive ketones (excluding diaryl/α,β-unsaturated/α-hetero) is 2. The van der Waals surface area contributed by atoms with Crippen LogP contribution in [0.4, 0.5) is 0 Å². The van der Waals surface area contributed by atoms with Gasteiger partial charge >= 0.3 is 5.97 Å². The van der Waals surface area contributed by atoms with E-state index < -0.39 is 22.9 Å². The number of esters is 1. The van der Waals surface area contributed by atoms with Gasteiger partial charge in [-0.25, -0.2) is 0 Å². The number of fused-ring (bicyclic) bond motifs is 2. The number of hydrogen-bond donors (Lipinski definition) is 0. The number of ketones is 2. The van der Waals surface area contributed by atoms with Gasteiger partial charge in [0.1, 0.15) is 6.10 Å². The summed E-state index contributed by atoms with van der Waals surface area (Å²) in [5, 5.41) is 0. The Labute approximate surface area is 165 Å². The van der Waals surface area contributed by atoms with E-state index in [-0.39, 0.29) is 47.5 Å². The number of carbonyl (C=O) groups is 3. The molecule has 3 aliphatic carbocycles. The second-order valence-corrected chi connectivity index (χ2v) is 9.16. The van der Waals surface area contributed by atoms with Crippen LogP contribution in [0, 0.1) is 34.5 Å². The lowest BCUT2D eigenvalue weighted by Crippen LogP contribution is -2.69. The van der Waals surface area contributed by atoms with E-state index in [0.717, 1.165) is 5.57 Å². The average molecular weight is 388 g/mol. The first-order chi connectivity index (χ1) is 13.1. The highest BCUT2D eigenvalue weighted by Crippen LogP contribution is 2.67. The zero-order chi connectivity index (χ0) is 20.6. The second kappa shape index (κ2) is 5.94. The smallest absolute Gasteiger partial charge is 0.306 e. The van der Waals surface area contributed by atoms with Crippen molar-refractivity contribution in [3.8, 4) is 0 Å². The van der Waals surface area contributed by atoms with Gasteiger partial charge in [0, 0.05) is 22.7 Å². The lowest BCUT2D eigenvalue weighted by molar-refractivity contribution is -0.217. The summed E-state index contributed by atoms with van der Waals surface area (Å²) in [6.07, 6.45) is 2.21. The van der Waals surface area contributed by atoms with Gasteiger partial charge in [-0.3, -0.25) is 14.4 Å². The summed E-state index contributed by atoms with van der Waals surface area (Å²) in [5.41, 5.74) is -0.795. The number of rotatable bonds is 2. The van der Waals surface area contributed by atoms with Crippen molar-refractivity contribution < 1.29 is 28.6 Å². The predicted molar refractivity (Wildman–Crippen MR) is 99.8 cm³/mol. The maximum absolute atomic E-state index is 13.7. The second-order valence-electron chi connectivity index (χ2n) is 9.16. The molecule has 1 saturated carbocycles. The fourth-order valence-electron chi connectivity index (χ4n) is 6.81. The van der Waals surface area contributed by atoms with Crippen molar-refractivity contribution in [2.45, 2.75) is 46.6 Å². The summed E-state index contributed by atoms with van der Waals surface area (Å²) < 4.78 is 16.7. The highest BCUT2D eigenvalue weighted by molar-refractivity contribution is 6.07. The summed E-state index contributed by atoms with van der Waals surface area (Å²) in [6.45, 7) is 7.80. The molecule has 152 valence electrons. The predicted octanol–water partition coefficient (Wildman–Crippen LogP) is 2.82. The maximum atomic E-state index is 13.7. The molecule has 1 heterocycles.